The number of amides is 1. The molecule has 1 heterocycles. The summed E-state index contributed by atoms with van der Waals surface area (Å²) in [5, 5.41) is 13.3. The third kappa shape index (κ3) is 4.40. The summed E-state index contributed by atoms with van der Waals surface area (Å²) in [6.07, 6.45) is 0. The minimum atomic E-state index is -0.539. The molecule has 0 unspecified atom stereocenters. The van der Waals surface area contributed by atoms with Crippen LogP contribution in [0.2, 0.25) is 0 Å². The van der Waals surface area contributed by atoms with Crippen molar-refractivity contribution in [1.29, 1.82) is 5.26 Å². The van der Waals surface area contributed by atoms with Gasteiger partial charge in [-0.25, -0.2) is 0 Å². The zero-order valence-corrected chi connectivity index (χ0v) is 19.7. The molecule has 0 spiro atoms. The van der Waals surface area contributed by atoms with Crippen LogP contribution in [0.5, 0.6) is 11.5 Å². The smallest absolute Gasteiger partial charge is 0.236 e. The van der Waals surface area contributed by atoms with Gasteiger partial charge in [0.25, 0.3) is 0 Å². The number of fused-ring (bicyclic) bond motifs is 2. The molecule has 4 heteroatoms. The molecule has 0 atom stereocenters. The van der Waals surface area contributed by atoms with Crippen molar-refractivity contribution in [3.63, 3.8) is 0 Å². The molecular weight excluding hydrogens is 408 g/mol. The van der Waals surface area contributed by atoms with Gasteiger partial charge in [-0.15, -0.1) is 0 Å². The minimum absolute atomic E-state index is 0.180. The van der Waals surface area contributed by atoms with Crippen LogP contribution < -0.4 is 10.1 Å². The number of para-hydroxylation sites is 2. The van der Waals surface area contributed by atoms with Gasteiger partial charge in [-0.1, -0.05) is 86.5 Å². The molecule has 0 aromatic heterocycles. The molecule has 1 aliphatic rings. The van der Waals surface area contributed by atoms with Gasteiger partial charge in [0.1, 0.15) is 17.6 Å². The Hall–Kier alpha value is -3.84. The summed E-state index contributed by atoms with van der Waals surface area (Å²) in [6.45, 7) is 10.0. The summed E-state index contributed by atoms with van der Waals surface area (Å²) in [5.74, 6) is 0.628. The first-order valence-electron chi connectivity index (χ1n) is 11.1. The monoisotopic (exact) mass is 436 g/mol. The Labute approximate surface area is 195 Å². The summed E-state index contributed by atoms with van der Waals surface area (Å²) >= 11 is 0. The molecule has 33 heavy (non-hydrogen) atoms. The number of hydrogen-bond donors (Lipinski definition) is 1. The lowest BCUT2D eigenvalue weighted by Gasteiger charge is -2.31. The maximum absolute atomic E-state index is 13.9. The van der Waals surface area contributed by atoms with E-state index < -0.39 is 11.3 Å². The zero-order valence-electron chi connectivity index (χ0n) is 19.7. The van der Waals surface area contributed by atoms with E-state index in [2.05, 4.69) is 17.5 Å². The third-order valence-corrected chi connectivity index (χ3v) is 5.81. The van der Waals surface area contributed by atoms with Gasteiger partial charge in [-0.3, -0.25) is 4.79 Å². The van der Waals surface area contributed by atoms with Gasteiger partial charge < -0.3 is 10.1 Å². The van der Waals surface area contributed by atoms with Crippen molar-refractivity contribution in [2.45, 2.75) is 40.5 Å². The number of rotatable bonds is 3. The van der Waals surface area contributed by atoms with E-state index in [1.165, 1.54) is 0 Å². The largest absolute Gasteiger partial charge is 0.457 e. The van der Waals surface area contributed by atoms with Gasteiger partial charge in [0.15, 0.2) is 0 Å². The Kier molecular flexibility index (Phi) is 5.82. The average molecular weight is 437 g/mol. The van der Waals surface area contributed by atoms with Crippen molar-refractivity contribution in [1.82, 2.24) is 5.32 Å². The Morgan fingerprint density at radius 3 is 1.91 bits per heavy atom. The fourth-order valence-corrected chi connectivity index (χ4v) is 4.40. The standard InChI is InChI=1S/C29H28N2O2/c1-18-14-19(2)16-20(15-18)23(17-30)27(29(3,4)5)31-28(32)26-21-10-6-8-12-24(21)33-25-13-9-7-11-22(25)26/h6-16,26H,1-5H3,(H,31,32). The third-order valence-electron chi connectivity index (χ3n) is 5.81. The molecule has 0 fully saturated rings. The molecule has 0 saturated heterocycles. The van der Waals surface area contributed by atoms with E-state index in [1.54, 1.807) is 0 Å². The van der Waals surface area contributed by atoms with E-state index in [-0.39, 0.29) is 5.91 Å². The highest BCUT2D eigenvalue weighted by atomic mass is 16.5. The number of nitriles is 1. The van der Waals surface area contributed by atoms with Crippen molar-refractivity contribution >= 4 is 11.5 Å². The number of allylic oxidation sites excluding steroid dienone is 2. The van der Waals surface area contributed by atoms with Crippen LogP contribution in [0.1, 0.15) is 54.5 Å². The summed E-state index contributed by atoms with van der Waals surface area (Å²) < 4.78 is 6.05. The van der Waals surface area contributed by atoms with Crippen molar-refractivity contribution in [2.24, 2.45) is 5.41 Å². The molecule has 0 aliphatic carbocycles. The molecule has 3 aromatic rings. The maximum atomic E-state index is 13.9. The van der Waals surface area contributed by atoms with E-state index in [9.17, 15) is 10.1 Å². The van der Waals surface area contributed by atoms with Gasteiger partial charge in [0, 0.05) is 22.2 Å². The van der Waals surface area contributed by atoms with Crippen molar-refractivity contribution < 1.29 is 9.53 Å². The molecule has 0 bridgehead atoms. The average Bonchev–Trinajstić information content (AvgIpc) is 2.75. The molecule has 4 nitrogen and oxygen atoms in total. The summed E-state index contributed by atoms with van der Waals surface area (Å²) in [7, 11) is 0. The van der Waals surface area contributed by atoms with Crippen LogP contribution in [0, 0.1) is 30.6 Å². The fourth-order valence-electron chi connectivity index (χ4n) is 4.40. The highest BCUT2D eigenvalue weighted by Gasteiger charge is 2.34. The predicted octanol–water partition coefficient (Wildman–Crippen LogP) is 6.64. The molecule has 3 aromatic carbocycles. The summed E-state index contributed by atoms with van der Waals surface area (Å²) in [5.41, 5.74) is 5.22. The van der Waals surface area contributed by atoms with Crippen molar-refractivity contribution in [2.75, 3.05) is 0 Å². The van der Waals surface area contributed by atoms with Crippen LogP contribution in [0.15, 0.2) is 72.4 Å². The molecular formula is C29H28N2O2. The van der Waals surface area contributed by atoms with E-state index in [1.807, 2.05) is 95.3 Å². The molecule has 1 aliphatic heterocycles. The fraction of sp³-hybridized carbons (Fsp3) is 0.241. The highest BCUT2D eigenvalue weighted by Crippen LogP contribution is 2.44. The summed E-state index contributed by atoms with van der Waals surface area (Å²) in [4.78, 5) is 13.9. The van der Waals surface area contributed by atoms with Gasteiger partial charge in [-0.05, 0) is 31.5 Å². The van der Waals surface area contributed by atoms with Crippen molar-refractivity contribution in [3.8, 4) is 17.6 Å². The maximum Gasteiger partial charge on any atom is 0.236 e. The number of hydrogen-bond acceptors (Lipinski definition) is 3. The topological polar surface area (TPSA) is 62.1 Å². The minimum Gasteiger partial charge on any atom is -0.457 e. The normalized spacial score (nSPS) is 13.7. The number of ether oxygens (including phenoxy) is 1. The molecule has 1 N–H and O–H groups in total. The second-order valence-corrected chi connectivity index (χ2v) is 9.59. The quantitative estimate of drug-likeness (QED) is 0.468. The highest BCUT2D eigenvalue weighted by molar-refractivity contribution is 5.93. The van der Waals surface area contributed by atoms with Crippen LogP contribution in [-0.2, 0) is 4.79 Å². The Morgan fingerprint density at radius 1 is 0.909 bits per heavy atom. The SMILES string of the molecule is Cc1cc(C)cc(C(C#N)=C(NC(=O)C2c3ccccc3Oc3ccccc32)C(C)(C)C)c1. The van der Waals surface area contributed by atoms with Crippen LogP contribution in [-0.4, -0.2) is 5.91 Å². The van der Waals surface area contributed by atoms with Crippen molar-refractivity contribution in [3.05, 3.63) is 100 Å². The summed E-state index contributed by atoms with van der Waals surface area (Å²) in [6, 6.07) is 23.6. The van der Waals surface area contributed by atoms with E-state index in [0.717, 1.165) is 27.8 Å². The van der Waals surface area contributed by atoms with Gasteiger partial charge in [0.2, 0.25) is 5.91 Å². The van der Waals surface area contributed by atoms with Crippen LogP contribution in [0.25, 0.3) is 5.57 Å². The Morgan fingerprint density at radius 2 is 1.42 bits per heavy atom. The second kappa shape index (κ2) is 8.60. The van der Waals surface area contributed by atoms with Gasteiger partial charge in [0.05, 0.1) is 11.5 Å². The Bertz CT molecular complexity index is 1240. The number of nitrogens with zero attached hydrogens (tertiary/aromatic N) is 1. The molecule has 0 radical (unpaired) electrons. The van der Waals surface area contributed by atoms with Gasteiger partial charge in [-0.2, -0.15) is 5.26 Å². The van der Waals surface area contributed by atoms with E-state index in [0.29, 0.717) is 22.8 Å². The first-order chi connectivity index (χ1) is 15.7. The van der Waals surface area contributed by atoms with Crippen LogP contribution in [0.4, 0.5) is 0 Å². The van der Waals surface area contributed by atoms with Crippen LogP contribution in [0.3, 0.4) is 0 Å². The molecule has 166 valence electrons. The lowest BCUT2D eigenvalue weighted by molar-refractivity contribution is -0.121. The second-order valence-electron chi connectivity index (χ2n) is 9.59. The number of carbonyl (C=O) groups excluding carboxylic acids is 1. The van der Waals surface area contributed by atoms with E-state index in [4.69, 9.17) is 4.74 Å². The first kappa shape index (κ1) is 22.4. The number of aryl methyl sites for hydroxylation is 2. The molecule has 1 amide bonds. The zero-order chi connectivity index (χ0) is 23.8. The van der Waals surface area contributed by atoms with E-state index >= 15 is 0 Å². The van der Waals surface area contributed by atoms with Crippen LogP contribution >= 0.6 is 0 Å². The van der Waals surface area contributed by atoms with Gasteiger partial charge >= 0.3 is 0 Å². The number of carbonyl (C=O) groups is 1. The molecule has 0 saturated carbocycles. The Balaban J connectivity index is 1.83. The predicted molar refractivity (Wildman–Crippen MR) is 131 cm³/mol. The number of nitrogens with one attached hydrogen (secondary N) is 1. The number of benzene rings is 3. The lowest BCUT2D eigenvalue weighted by atomic mass is 9.84. The first-order valence-corrected chi connectivity index (χ1v) is 11.1. The lowest BCUT2D eigenvalue weighted by Crippen LogP contribution is -2.36. The molecule has 4 rings (SSSR count).